The van der Waals surface area contributed by atoms with E-state index in [2.05, 4.69) is 15.9 Å². The first-order valence-corrected chi connectivity index (χ1v) is 7.94. The van der Waals surface area contributed by atoms with E-state index in [4.69, 9.17) is 0 Å². The van der Waals surface area contributed by atoms with Crippen LogP contribution in [0.15, 0.2) is 40.9 Å². The second kappa shape index (κ2) is 6.41. The third kappa shape index (κ3) is 3.09. The van der Waals surface area contributed by atoms with Gasteiger partial charge in [0.1, 0.15) is 11.6 Å². The molecule has 3 rings (SSSR count). The Labute approximate surface area is 145 Å². The maximum atomic E-state index is 13.7. The third-order valence-electron chi connectivity index (χ3n) is 3.77. The molecule has 0 N–H and O–H groups in total. The van der Waals surface area contributed by atoms with Crippen molar-refractivity contribution >= 4 is 33.3 Å². The molecule has 1 amide bonds. The molecule has 0 atom stereocenters. The fraction of sp³-hybridized carbons (Fsp3) is 0.176. The molecule has 0 saturated heterocycles. The Kier molecular flexibility index (Phi) is 4.47. The Morgan fingerprint density at radius 1 is 1.12 bits per heavy atom. The smallest absolute Gasteiger partial charge is 0.291 e. The molecular formula is C17H13BrF2N2O2. The third-order valence-corrected chi connectivity index (χ3v) is 4.27. The minimum Gasteiger partial charge on any atom is -0.291 e. The molecule has 2 aromatic rings. The lowest BCUT2D eigenvalue weighted by molar-refractivity contribution is -0.114. The number of hydrogen-bond donors (Lipinski definition) is 0. The van der Waals surface area contributed by atoms with Gasteiger partial charge in [0.15, 0.2) is 0 Å². The predicted octanol–water partition coefficient (Wildman–Crippen LogP) is 3.35. The van der Waals surface area contributed by atoms with Gasteiger partial charge in [-0.05, 0) is 31.3 Å². The Balaban J connectivity index is 1.80. The molecule has 0 aromatic heterocycles. The van der Waals surface area contributed by atoms with Crippen LogP contribution < -0.4 is 4.90 Å². The fourth-order valence-electron chi connectivity index (χ4n) is 2.64. The van der Waals surface area contributed by atoms with Crippen LogP contribution in [0.5, 0.6) is 0 Å². The monoisotopic (exact) mass is 394 g/mol. The van der Waals surface area contributed by atoms with Crippen LogP contribution in [0, 0.1) is 11.6 Å². The first-order valence-electron chi connectivity index (χ1n) is 7.15. The molecule has 1 aliphatic rings. The van der Waals surface area contributed by atoms with E-state index < -0.39 is 23.3 Å². The summed E-state index contributed by atoms with van der Waals surface area (Å²) in [6.07, 6.45) is 0. The molecule has 0 unspecified atom stereocenters. The zero-order chi connectivity index (χ0) is 17.4. The summed E-state index contributed by atoms with van der Waals surface area (Å²) in [6.45, 7) is 0.290. The lowest BCUT2D eigenvalue weighted by Gasteiger charge is -2.24. The number of fused-ring (bicyclic) bond motifs is 1. The molecule has 0 aliphatic carbocycles. The Morgan fingerprint density at radius 2 is 1.88 bits per heavy atom. The summed E-state index contributed by atoms with van der Waals surface area (Å²) in [6, 6.07) is 8.36. The molecular weight excluding hydrogens is 382 g/mol. The van der Waals surface area contributed by atoms with E-state index in [0.717, 1.165) is 10.5 Å². The molecule has 0 spiro atoms. The molecule has 4 nitrogen and oxygen atoms in total. The summed E-state index contributed by atoms with van der Waals surface area (Å²) in [5.74, 6) is -2.46. The molecule has 0 saturated carbocycles. The molecule has 0 bridgehead atoms. The van der Waals surface area contributed by atoms with Crippen LogP contribution >= 0.6 is 15.9 Å². The zero-order valence-corrected chi connectivity index (χ0v) is 14.3. The van der Waals surface area contributed by atoms with E-state index in [0.29, 0.717) is 16.8 Å². The van der Waals surface area contributed by atoms with Crippen molar-refractivity contribution in [2.24, 2.45) is 0 Å². The van der Waals surface area contributed by atoms with Crippen molar-refractivity contribution in [3.63, 3.8) is 0 Å². The van der Waals surface area contributed by atoms with Crippen molar-refractivity contribution in [3.05, 3.63) is 63.6 Å². The molecule has 1 aliphatic heterocycles. The number of amides is 1. The summed E-state index contributed by atoms with van der Waals surface area (Å²) < 4.78 is 27.5. The summed E-state index contributed by atoms with van der Waals surface area (Å²) >= 11 is 3.32. The minimum absolute atomic E-state index is 0.116. The van der Waals surface area contributed by atoms with Crippen LogP contribution in [-0.4, -0.2) is 30.3 Å². The maximum Gasteiger partial charge on any atom is 0.300 e. The van der Waals surface area contributed by atoms with Gasteiger partial charge in [0.25, 0.3) is 5.78 Å². The highest BCUT2D eigenvalue weighted by atomic mass is 79.9. The number of benzene rings is 2. The van der Waals surface area contributed by atoms with E-state index in [9.17, 15) is 18.4 Å². The number of hydrogen-bond acceptors (Lipinski definition) is 3. The van der Waals surface area contributed by atoms with E-state index in [1.165, 1.54) is 17.0 Å². The molecule has 2 aromatic carbocycles. The number of nitrogens with zero attached hydrogens (tertiary/aromatic N) is 2. The van der Waals surface area contributed by atoms with Crippen molar-refractivity contribution < 1.29 is 18.4 Å². The summed E-state index contributed by atoms with van der Waals surface area (Å²) in [5, 5.41) is 0. The van der Waals surface area contributed by atoms with Gasteiger partial charge in [-0.15, -0.1) is 0 Å². The summed E-state index contributed by atoms with van der Waals surface area (Å²) in [4.78, 5) is 27.2. The van der Waals surface area contributed by atoms with E-state index in [-0.39, 0.29) is 13.2 Å². The zero-order valence-electron chi connectivity index (χ0n) is 12.7. The molecule has 0 radical (unpaired) electrons. The molecule has 0 fully saturated rings. The lowest BCUT2D eigenvalue weighted by atomic mass is 10.1. The van der Waals surface area contributed by atoms with Gasteiger partial charge >= 0.3 is 5.91 Å². The second-order valence-corrected chi connectivity index (χ2v) is 6.53. The Hall–Kier alpha value is -2.12. The van der Waals surface area contributed by atoms with E-state index in [1.54, 1.807) is 30.1 Å². The van der Waals surface area contributed by atoms with Crippen LogP contribution in [0.3, 0.4) is 0 Å². The predicted molar refractivity (Wildman–Crippen MR) is 88.7 cm³/mol. The number of halogens is 3. The van der Waals surface area contributed by atoms with Gasteiger partial charge in [-0.3, -0.25) is 19.4 Å². The normalized spacial score (nSPS) is 13.8. The number of Topliss-reactive ketones (excluding diaryl/α,β-unsaturated/α-hetero) is 1. The standard InChI is InChI=1S/C17H13BrF2N2O2/c1-21(8-10-2-4-12(19)7-14(10)20)9-22-15-6-11(18)3-5-13(15)16(23)17(22)24/h2-7H,8-9H2,1H3. The van der Waals surface area contributed by atoms with Gasteiger partial charge in [-0.1, -0.05) is 22.0 Å². The SMILES string of the molecule is CN(Cc1ccc(F)cc1F)CN1C(=O)C(=O)c2ccc(Br)cc21. The highest BCUT2D eigenvalue weighted by Gasteiger charge is 2.36. The highest BCUT2D eigenvalue weighted by Crippen LogP contribution is 2.31. The van der Waals surface area contributed by atoms with Crippen LogP contribution in [0.4, 0.5) is 14.5 Å². The van der Waals surface area contributed by atoms with Crippen molar-refractivity contribution in [3.8, 4) is 0 Å². The number of carbonyl (C=O) groups excluding carboxylic acids is 2. The van der Waals surface area contributed by atoms with Gasteiger partial charge in [0, 0.05) is 22.6 Å². The first-order chi connectivity index (χ1) is 11.4. The lowest BCUT2D eigenvalue weighted by Crippen LogP contribution is -2.39. The largest absolute Gasteiger partial charge is 0.300 e. The van der Waals surface area contributed by atoms with E-state index >= 15 is 0 Å². The molecule has 7 heteroatoms. The van der Waals surface area contributed by atoms with Crippen molar-refractivity contribution in [2.75, 3.05) is 18.6 Å². The van der Waals surface area contributed by atoms with Gasteiger partial charge in [0.05, 0.1) is 17.9 Å². The number of anilines is 1. The Bertz CT molecular complexity index is 841. The first kappa shape index (κ1) is 16.7. The average Bonchev–Trinajstić information content (AvgIpc) is 2.75. The van der Waals surface area contributed by atoms with Gasteiger partial charge in [-0.25, -0.2) is 8.78 Å². The van der Waals surface area contributed by atoms with Crippen LogP contribution in [0.1, 0.15) is 15.9 Å². The molecule has 1 heterocycles. The van der Waals surface area contributed by atoms with Crippen molar-refractivity contribution in [2.45, 2.75) is 6.54 Å². The van der Waals surface area contributed by atoms with E-state index in [1.807, 2.05) is 0 Å². The number of rotatable bonds is 4. The number of ketones is 1. The van der Waals surface area contributed by atoms with Crippen molar-refractivity contribution in [1.82, 2.24) is 4.90 Å². The molecule has 24 heavy (non-hydrogen) atoms. The maximum absolute atomic E-state index is 13.7. The summed E-state index contributed by atoms with van der Waals surface area (Å²) in [7, 11) is 1.69. The van der Waals surface area contributed by atoms with Crippen LogP contribution in [0.25, 0.3) is 0 Å². The van der Waals surface area contributed by atoms with Gasteiger partial charge < -0.3 is 0 Å². The average molecular weight is 395 g/mol. The fourth-order valence-corrected chi connectivity index (χ4v) is 2.99. The van der Waals surface area contributed by atoms with Gasteiger partial charge in [-0.2, -0.15) is 0 Å². The quantitative estimate of drug-likeness (QED) is 0.746. The Morgan fingerprint density at radius 3 is 2.58 bits per heavy atom. The number of carbonyl (C=O) groups is 2. The van der Waals surface area contributed by atoms with Crippen LogP contribution in [0.2, 0.25) is 0 Å². The van der Waals surface area contributed by atoms with Gasteiger partial charge in [0.2, 0.25) is 0 Å². The molecule has 124 valence electrons. The minimum atomic E-state index is -0.645. The van der Waals surface area contributed by atoms with Crippen molar-refractivity contribution in [1.29, 1.82) is 0 Å². The summed E-state index contributed by atoms with van der Waals surface area (Å²) in [5.41, 5.74) is 1.18. The van der Waals surface area contributed by atoms with Crippen LogP contribution in [-0.2, 0) is 11.3 Å². The highest BCUT2D eigenvalue weighted by molar-refractivity contribution is 9.10. The second-order valence-electron chi connectivity index (χ2n) is 5.62. The topological polar surface area (TPSA) is 40.6 Å².